The normalized spacial score (nSPS) is 15.8. The Balaban J connectivity index is 1.27. The third-order valence-electron chi connectivity index (χ3n) is 5.72. The molecule has 1 aromatic heterocycles. The summed E-state index contributed by atoms with van der Waals surface area (Å²) >= 11 is 0. The Kier molecular flexibility index (Phi) is 7.55. The number of rotatable bonds is 8. The first-order valence-electron chi connectivity index (χ1n) is 11.3. The van der Waals surface area contributed by atoms with Crippen LogP contribution >= 0.6 is 0 Å². The number of primary amides is 1. The van der Waals surface area contributed by atoms with Crippen LogP contribution in [-0.4, -0.2) is 29.9 Å². The van der Waals surface area contributed by atoms with Crippen molar-refractivity contribution in [3.63, 3.8) is 0 Å². The van der Waals surface area contributed by atoms with Gasteiger partial charge >= 0.3 is 0 Å². The van der Waals surface area contributed by atoms with Gasteiger partial charge in [0.15, 0.2) is 0 Å². The molecule has 1 saturated heterocycles. The topological polar surface area (TPSA) is 97.6 Å². The summed E-state index contributed by atoms with van der Waals surface area (Å²) in [5.74, 6) is 0.881. The number of benzene rings is 2. The standard InChI is InChI=1S/C27H28N4O3/c28-27(33)22-7-4-16-31(18-22)25-14-11-23(17-29-25)30-26(32)15-10-20-8-12-24(13-9-20)34-19-21-5-2-1-3-6-21/h1-3,5-6,8-15,17,22H,4,7,16,18-19H2,(H2,28,33)(H,30,32)/b15-10+. The van der Waals surface area contributed by atoms with Gasteiger partial charge in [-0.2, -0.15) is 0 Å². The van der Waals surface area contributed by atoms with Crippen LogP contribution in [0, 0.1) is 5.92 Å². The smallest absolute Gasteiger partial charge is 0.248 e. The summed E-state index contributed by atoms with van der Waals surface area (Å²) < 4.78 is 5.79. The molecule has 3 aromatic rings. The Bertz CT molecular complexity index is 1130. The molecule has 1 aliphatic rings. The van der Waals surface area contributed by atoms with Crippen LogP contribution in [0.1, 0.15) is 24.0 Å². The summed E-state index contributed by atoms with van der Waals surface area (Å²) in [5, 5.41) is 2.81. The predicted octanol–water partition coefficient (Wildman–Crippen LogP) is 4.01. The van der Waals surface area contributed by atoms with Crippen LogP contribution in [0.15, 0.2) is 79.0 Å². The SMILES string of the molecule is NC(=O)C1CCCN(c2ccc(NC(=O)/C=C/c3ccc(OCc4ccccc4)cc3)cn2)C1. The van der Waals surface area contributed by atoms with Crippen molar-refractivity contribution >= 4 is 29.4 Å². The van der Waals surface area contributed by atoms with E-state index in [4.69, 9.17) is 10.5 Å². The zero-order chi connectivity index (χ0) is 23.8. The van der Waals surface area contributed by atoms with Gasteiger partial charge in [-0.3, -0.25) is 9.59 Å². The molecule has 0 radical (unpaired) electrons. The molecule has 7 nitrogen and oxygen atoms in total. The number of pyridine rings is 1. The van der Waals surface area contributed by atoms with Crippen molar-refractivity contribution in [2.75, 3.05) is 23.3 Å². The van der Waals surface area contributed by atoms with Gasteiger partial charge in [0.1, 0.15) is 18.2 Å². The Hall–Kier alpha value is -4.13. The summed E-state index contributed by atoms with van der Waals surface area (Å²) in [6, 6.07) is 21.2. The molecule has 0 aliphatic carbocycles. The second kappa shape index (κ2) is 11.1. The van der Waals surface area contributed by atoms with Crippen LogP contribution in [0.3, 0.4) is 0 Å². The fourth-order valence-electron chi connectivity index (χ4n) is 3.84. The molecule has 7 heteroatoms. The van der Waals surface area contributed by atoms with E-state index in [1.807, 2.05) is 60.7 Å². The third kappa shape index (κ3) is 6.45. The van der Waals surface area contributed by atoms with Gasteiger partial charge in [0.25, 0.3) is 0 Å². The predicted molar refractivity (Wildman–Crippen MR) is 133 cm³/mol. The van der Waals surface area contributed by atoms with E-state index < -0.39 is 0 Å². The number of carbonyl (C=O) groups excluding carboxylic acids is 2. The number of ether oxygens (including phenoxy) is 1. The number of carbonyl (C=O) groups is 2. The molecular weight excluding hydrogens is 428 g/mol. The van der Waals surface area contributed by atoms with E-state index in [0.29, 0.717) is 18.8 Å². The summed E-state index contributed by atoms with van der Waals surface area (Å²) in [7, 11) is 0. The molecule has 2 aromatic carbocycles. The van der Waals surface area contributed by atoms with Gasteiger partial charge in [-0.1, -0.05) is 42.5 Å². The maximum atomic E-state index is 12.3. The van der Waals surface area contributed by atoms with E-state index in [0.717, 1.165) is 42.1 Å². The first-order valence-corrected chi connectivity index (χ1v) is 11.3. The van der Waals surface area contributed by atoms with Crippen molar-refractivity contribution < 1.29 is 14.3 Å². The lowest BCUT2D eigenvalue weighted by Gasteiger charge is -2.32. The number of nitrogens with zero attached hydrogens (tertiary/aromatic N) is 2. The molecule has 34 heavy (non-hydrogen) atoms. The van der Waals surface area contributed by atoms with Crippen LogP contribution in [0.25, 0.3) is 6.08 Å². The molecule has 2 amide bonds. The summed E-state index contributed by atoms with van der Waals surface area (Å²) in [6.07, 6.45) is 6.56. The number of nitrogens with two attached hydrogens (primary N) is 1. The number of aromatic nitrogens is 1. The highest BCUT2D eigenvalue weighted by atomic mass is 16.5. The number of nitrogens with one attached hydrogen (secondary N) is 1. The first-order chi connectivity index (χ1) is 16.6. The minimum Gasteiger partial charge on any atom is -0.489 e. The molecule has 1 atom stereocenters. The number of anilines is 2. The van der Waals surface area contributed by atoms with Crippen molar-refractivity contribution in [1.82, 2.24) is 4.98 Å². The maximum absolute atomic E-state index is 12.3. The van der Waals surface area contributed by atoms with Gasteiger partial charge in [-0.05, 0) is 54.3 Å². The summed E-state index contributed by atoms with van der Waals surface area (Å²) in [5.41, 5.74) is 8.06. The van der Waals surface area contributed by atoms with E-state index in [9.17, 15) is 9.59 Å². The number of hydrogen-bond acceptors (Lipinski definition) is 5. The Morgan fingerprint density at radius 1 is 1.09 bits per heavy atom. The molecule has 0 spiro atoms. The lowest BCUT2D eigenvalue weighted by atomic mass is 9.97. The van der Waals surface area contributed by atoms with Gasteiger partial charge in [0.05, 0.1) is 17.8 Å². The van der Waals surface area contributed by atoms with Crippen LogP contribution < -0.4 is 20.7 Å². The van der Waals surface area contributed by atoms with Gasteiger partial charge in [-0.15, -0.1) is 0 Å². The van der Waals surface area contributed by atoms with Crippen molar-refractivity contribution in [2.24, 2.45) is 11.7 Å². The first kappa shape index (κ1) is 23.0. The summed E-state index contributed by atoms with van der Waals surface area (Å²) in [4.78, 5) is 30.3. The van der Waals surface area contributed by atoms with Crippen LogP contribution in [0.5, 0.6) is 5.75 Å². The van der Waals surface area contributed by atoms with E-state index in [2.05, 4.69) is 15.2 Å². The Morgan fingerprint density at radius 3 is 2.59 bits per heavy atom. The maximum Gasteiger partial charge on any atom is 0.248 e. The average Bonchev–Trinajstić information content (AvgIpc) is 2.88. The molecule has 2 heterocycles. The van der Waals surface area contributed by atoms with Gasteiger partial charge in [0.2, 0.25) is 11.8 Å². The third-order valence-corrected chi connectivity index (χ3v) is 5.72. The van der Waals surface area contributed by atoms with Crippen molar-refractivity contribution in [3.05, 3.63) is 90.1 Å². The molecule has 0 bridgehead atoms. The second-order valence-corrected chi connectivity index (χ2v) is 8.26. The summed E-state index contributed by atoms with van der Waals surface area (Å²) in [6.45, 7) is 1.92. The molecule has 0 saturated carbocycles. The zero-order valence-corrected chi connectivity index (χ0v) is 18.9. The van der Waals surface area contributed by atoms with E-state index in [1.165, 1.54) is 6.08 Å². The molecule has 1 unspecified atom stereocenters. The lowest BCUT2D eigenvalue weighted by molar-refractivity contribution is -0.122. The largest absolute Gasteiger partial charge is 0.489 e. The molecule has 174 valence electrons. The van der Waals surface area contributed by atoms with Gasteiger partial charge < -0.3 is 20.7 Å². The highest BCUT2D eigenvalue weighted by Gasteiger charge is 2.24. The van der Waals surface area contributed by atoms with Crippen molar-refractivity contribution in [3.8, 4) is 5.75 Å². The number of hydrogen-bond donors (Lipinski definition) is 2. The van der Waals surface area contributed by atoms with Crippen molar-refractivity contribution in [1.29, 1.82) is 0 Å². The molecule has 4 rings (SSSR count). The van der Waals surface area contributed by atoms with Crippen LogP contribution in [0.2, 0.25) is 0 Å². The molecule has 1 fully saturated rings. The van der Waals surface area contributed by atoms with Gasteiger partial charge in [0, 0.05) is 19.2 Å². The fourth-order valence-corrected chi connectivity index (χ4v) is 3.84. The quantitative estimate of drug-likeness (QED) is 0.499. The highest BCUT2D eigenvalue weighted by molar-refractivity contribution is 6.01. The van der Waals surface area contributed by atoms with Crippen LogP contribution in [-0.2, 0) is 16.2 Å². The minimum absolute atomic E-state index is 0.149. The molecule has 1 aliphatic heterocycles. The van der Waals surface area contributed by atoms with Crippen LogP contribution in [0.4, 0.5) is 11.5 Å². The number of piperidine rings is 1. The monoisotopic (exact) mass is 456 g/mol. The average molecular weight is 457 g/mol. The van der Waals surface area contributed by atoms with Crippen molar-refractivity contribution in [2.45, 2.75) is 19.4 Å². The lowest BCUT2D eigenvalue weighted by Crippen LogP contribution is -2.41. The van der Waals surface area contributed by atoms with E-state index in [-0.39, 0.29) is 17.7 Å². The second-order valence-electron chi connectivity index (χ2n) is 8.26. The molecule has 3 N–H and O–H groups in total. The highest BCUT2D eigenvalue weighted by Crippen LogP contribution is 2.22. The minimum atomic E-state index is -0.269. The molecular formula is C27H28N4O3. The number of amides is 2. The fraction of sp³-hybridized carbons (Fsp3) is 0.222. The Labute approximate surface area is 199 Å². The zero-order valence-electron chi connectivity index (χ0n) is 18.9. The Morgan fingerprint density at radius 2 is 1.88 bits per heavy atom. The van der Waals surface area contributed by atoms with E-state index in [1.54, 1.807) is 18.3 Å². The van der Waals surface area contributed by atoms with Gasteiger partial charge in [-0.25, -0.2) is 4.98 Å². The van der Waals surface area contributed by atoms with E-state index >= 15 is 0 Å².